The van der Waals surface area contributed by atoms with Gasteiger partial charge in [0, 0.05) is 7.05 Å². The Kier molecular flexibility index (Phi) is 7.87. The minimum atomic E-state index is -0.636. The van der Waals surface area contributed by atoms with E-state index < -0.39 is 5.91 Å². The number of carbonyl (C=O) groups excluding carboxylic acids is 1. The van der Waals surface area contributed by atoms with Crippen LogP contribution < -0.4 is 15.6 Å². The Hall–Kier alpha value is -4.05. The summed E-state index contributed by atoms with van der Waals surface area (Å²) in [5, 5.41) is 12.2. The number of unbranched alkanes of at least 4 members (excludes halogenated alkanes) is 2. The summed E-state index contributed by atoms with van der Waals surface area (Å²) in [6, 6.07) is 18.3. The van der Waals surface area contributed by atoms with Crippen molar-refractivity contribution in [2.75, 3.05) is 11.9 Å². The molecule has 0 saturated carbocycles. The van der Waals surface area contributed by atoms with Gasteiger partial charge in [-0.05, 0) is 49.2 Å². The summed E-state index contributed by atoms with van der Waals surface area (Å²) in [4.78, 5) is 25.8. The van der Waals surface area contributed by atoms with Crippen LogP contribution in [-0.4, -0.2) is 21.9 Å². The Morgan fingerprint density at radius 1 is 1.12 bits per heavy atom. The first-order valence-electron chi connectivity index (χ1n) is 11.0. The summed E-state index contributed by atoms with van der Waals surface area (Å²) in [7, 11) is 1.74. The first-order valence-corrected chi connectivity index (χ1v) is 11.0. The van der Waals surface area contributed by atoms with Crippen molar-refractivity contribution in [3.8, 4) is 17.5 Å². The van der Waals surface area contributed by atoms with Gasteiger partial charge < -0.3 is 10.1 Å². The van der Waals surface area contributed by atoms with Crippen LogP contribution >= 0.6 is 0 Å². The molecule has 170 valence electrons. The second-order valence-electron chi connectivity index (χ2n) is 7.69. The van der Waals surface area contributed by atoms with Crippen molar-refractivity contribution >= 4 is 17.7 Å². The number of nitrogens with one attached hydrogen (secondary N) is 1. The van der Waals surface area contributed by atoms with Crippen LogP contribution in [0.3, 0.4) is 0 Å². The van der Waals surface area contributed by atoms with Gasteiger partial charge >= 0.3 is 0 Å². The Morgan fingerprint density at radius 3 is 2.45 bits per heavy atom. The van der Waals surface area contributed by atoms with Gasteiger partial charge in [0.2, 0.25) is 0 Å². The first kappa shape index (κ1) is 23.6. The second-order valence-corrected chi connectivity index (χ2v) is 7.69. The SMILES string of the molecule is CCCCCOc1ccc(C=C(C#N)C(=O)Nc2c(C)n(C)n(-c3ccccc3)c2=O)cc1. The number of rotatable bonds is 9. The van der Waals surface area contributed by atoms with Gasteiger partial charge in [-0.2, -0.15) is 5.26 Å². The summed E-state index contributed by atoms with van der Waals surface area (Å²) >= 11 is 0. The lowest BCUT2D eigenvalue weighted by Crippen LogP contribution is -2.23. The van der Waals surface area contributed by atoms with Crippen molar-refractivity contribution < 1.29 is 9.53 Å². The molecule has 1 heterocycles. The van der Waals surface area contributed by atoms with Gasteiger partial charge in [-0.15, -0.1) is 0 Å². The first-order chi connectivity index (χ1) is 16.0. The van der Waals surface area contributed by atoms with Gasteiger partial charge in [-0.3, -0.25) is 14.3 Å². The Labute approximate surface area is 193 Å². The molecule has 0 fully saturated rings. The molecule has 0 bridgehead atoms. The predicted octanol–water partition coefficient (Wildman–Crippen LogP) is 4.60. The number of ether oxygens (including phenoxy) is 1. The van der Waals surface area contributed by atoms with E-state index in [0.29, 0.717) is 23.6 Å². The molecule has 1 amide bonds. The lowest BCUT2D eigenvalue weighted by atomic mass is 10.1. The number of aromatic nitrogens is 2. The van der Waals surface area contributed by atoms with Crippen LogP contribution in [0.15, 0.2) is 65.0 Å². The lowest BCUT2D eigenvalue weighted by molar-refractivity contribution is -0.112. The molecule has 0 radical (unpaired) electrons. The van der Waals surface area contributed by atoms with E-state index >= 15 is 0 Å². The summed E-state index contributed by atoms with van der Waals surface area (Å²) in [5.41, 5.74) is 1.63. The molecule has 7 nitrogen and oxygen atoms in total. The van der Waals surface area contributed by atoms with E-state index in [1.807, 2.05) is 48.5 Å². The quantitative estimate of drug-likeness (QED) is 0.297. The average Bonchev–Trinajstić information content (AvgIpc) is 3.04. The molecule has 3 rings (SSSR count). The van der Waals surface area contributed by atoms with Crippen molar-refractivity contribution in [3.63, 3.8) is 0 Å². The van der Waals surface area contributed by atoms with Crippen molar-refractivity contribution in [3.05, 3.63) is 81.8 Å². The molecule has 0 aliphatic heterocycles. The van der Waals surface area contributed by atoms with E-state index in [4.69, 9.17) is 4.74 Å². The monoisotopic (exact) mass is 444 g/mol. The van der Waals surface area contributed by atoms with E-state index in [-0.39, 0.29) is 16.8 Å². The van der Waals surface area contributed by atoms with Crippen molar-refractivity contribution in [1.82, 2.24) is 9.36 Å². The summed E-state index contributed by atoms with van der Waals surface area (Å²) in [5.74, 6) is 0.107. The smallest absolute Gasteiger partial charge is 0.295 e. The van der Waals surface area contributed by atoms with Gasteiger partial charge in [0.05, 0.1) is 18.0 Å². The minimum Gasteiger partial charge on any atom is -0.494 e. The molecular formula is C26H28N4O3. The maximum atomic E-state index is 13.0. The maximum Gasteiger partial charge on any atom is 0.295 e. The summed E-state index contributed by atoms with van der Waals surface area (Å²) in [6.45, 7) is 4.54. The highest BCUT2D eigenvalue weighted by molar-refractivity contribution is 6.09. The van der Waals surface area contributed by atoms with E-state index in [1.54, 1.807) is 30.8 Å². The molecule has 33 heavy (non-hydrogen) atoms. The Balaban J connectivity index is 1.77. The Morgan fingerprint density at radius 2 is 1.82 bits per heavy atom. The number of anilines is 1. The van der Waals surface area contributed by atoms with Crippen LogP contribution in [0.25, 0.3) is 11.8 Å². The average molecular weight is 445 g/mol. The molecule has 0 saturated heterocycles. The molecule has 3 aromatic rings. The third-order valence-electron chi connectivity index (χ3n) is 5.37. The summed E-state index contributed by atoms with van der Waals surface area (Å²) in [6.07, 6.45) is 4.75. The van der Waals surface area contributed by atoms with Gasteiger partial charge in [0.25, 0.3) is 11.5 Å². The number of amides is 1. The van der Waals surface area contributed by atoms with Crippen LogP contribution in [0, 0.1) is 18.3 Å². The fourth-order valence-corrected chi connectivity index (χ4v) is 3.41. The molecule has 1 aromatic heterocycles. The van der Waals surface area contributed by atoms with Crippen molar-refractivity contribution in [2.24, 2.45) is 7.05 Å². The van der Waals surface area contributed by atoms with Crippen molar-refractivity contribution in [2.45, 2.75) is 33.1 Å². The number of benzene rings is 2. The van der Waals surface area contributed by atoms with E-state index in [2.05, 4.69) is 12.2 Å². The van der Waals surface area contributed by atoms with Gasteiger partial charge in [-0.1, -0.05) is 50.1 Å². The molecule has 0 atom stereocenters. The molecular weight excluding hydrogens is 416 g/mol. The van der Waals surface area contributed by atoms with Crippen LogP contribution in [0.1, 0.15) is 37.4 Å². The zero-order valence-electron chi connectivity index (χ0n) is 19.2. The van der Waals surface area contributed by atoms with Gasteiger partial charge in [0.1, 0.15) is 23.1 Å². The summed E-state index contributed by atoms with van der Waals surface area (Å²) < 4.78 is 8.83. The number of nitrogens with zero attached hydrogens (tertiary/aromatic N) is 3. The van der Waals surface area contributed by atoms with Gasteiger partial charge in [0.15, 0.2) is 0 Å². The standard InChI is InChI=1S/C26H28N4O3/c1-4-5-9-16-33-23-14-12-20(13-15-23)17-21(18-27)25(31)28-24-19(2)29(3)30(26(24)32)22-10-7-6-8-11-22/h6-8,10-15,17H,4-5,9,16H2,1-3H3,(H,28,31). The normalized spacial score (nSPS) is 11.2. The number of hydrogen-bond acceptors (Lipinski definition) is 4. The molecule has 0 aliphatic rings. The highest BCUT2D eigenvalue weighted by atomic mass is 16.5. The predicted molar refractivity (Wildman–Crippen MR) is 129 cm³/mol. The topological polar surface area (TPSA) is 89.0 Å². The van der Waals surface area contributed by atoms with Crippen LogP contribution in [0.5, 0.6) is 5.75 Å². The zero-order chi connectivity index (χ0) is 23.8. The molecule has 0 aliphatic carbocycles. The molecule has 7 heteroatoms. The third-order valence-corrected chi connectivity index (χ3v) is 5.37. The second kappa shape index (κ2) is 11.0. The number of carbonyl (C=O) groups is 1. The highest BCUT2D eigenvalue weighted by Crippen LogP contribution is 2.17. The molecule has 0 unspecified atom stereocenters. The molecule has 2 aromatic carbocycles. The minimum absolute atomic E-state index is 0.0967. The van der Waals surface area contributed by atoms with Crippen LogP contribution in [-0.2, 0) is 11.8 Å². The van der Waals surface area contributed by atoms with E-state index in [0.717, 1.165) is 25.0 Å². The highest BCUT2D eigenvalue weighted by Gasteiger charge is 2.19. The maximum absolute atomic E-state index is 13.0. The zero-order valence-corrected chi connectivity index (χ0v) is 19.2. The van der Waals surface area contributed by atoms with E-state index in [9.17, 15) is 14.9 Å². The molecule has 0 spiro atoms. The largest absolute Gasteiger partial charge is 0.494 e. The molecule has 1 N–H and O–H groups in total. The van der Waals surface area contributed by atoms with Crippen LogP contribution in [0.2, 0.25) is 0 Å². The fourth-order valence-electron chi connectivity index (χ4n) is 3.41. The number of hydrogen-bond donors (Lipinski definition) is 1. The Bertz CT molecular complexity index is 1230. The van der Waals surface area contributed by atoms with Gasteiger partial charge in [-0.25, -0.2) is 4.68 Å². The lowest BCUT2D eigenvalue weighted by Gasteiger charge is -2.07. The van der Waals surface area contributed by atoms with Crippen molar-refractivity contribution in [1.29, 1.82) is 5.26 Å². The fraction of sp³-hybridized carbons (Fsp3) is 0.269. The van der Waals surface area contributed by atoms with Crippen LogP contribution in [0.4, 0.5) is 5.69 Å². The number of nitriles is 1. The van der Waals surface area contributed by atoms with E-state index in [1.165, 1.54) is 10.8 Å². The number of para-hydroxylation sites is 1. The third kappa shape index (κ3) is 5.60.